The third-order valence-electron chi connectivity index (χ3n) is 1.27. The van der Waals surface area contributed by atoms with Crippen molar-refractivity contribution in [1.82, 2.24) is 0 Å². The number of nitrogens with zero attached hydrogens (tertiary/aromatic N) is 2. The minimum absolute atomic E-state index is 0.381. The van der Waals surface area contributed by atoms with Gasteiger partial charge in [0.2, 0.25) is 0 Å². The van der Waals surface area contributed by atoms with Crippen molar-refractivity contribution >= 4 is 17.8 Å². The highest BCUT2D eigenvalue weighted by Gasteiger charge is 1.90. The maximum absolute atomic E-state index is 10.6. The van der Waals surface area contributed by atoms with E-state index in [-0.39, 0.29) is 0 Å². The summed E-state index contributed by atoms with van der Waals surface area (Å²) in [6.07, 6.45) is 4.30. The number of pyridine rings is 1. The van der Waals surface area contributed by atoms with Gasteiger partial charge in [-0.15, -0.1) is 11.6 Å². The Morgan fingerprint density at radius 2 is 2.23 bits per heavy atom. The van der Waals surface area contributed by atoms with Crippen molar-refractivity contribution in [2.24, 2.45) is 5.16 Å². The van der Waals surface area contributed by atoms with E-state index in [9.17, 15) is 5.21 Å². The van der Waals surface area contributed by atoms with E-state index in [0.717, 1.165) is 5.56 Å². The predicted octanol–water partition coefficient (Wildman–Crippen LogP) is 0.909. The van der Waals surface area contributed by atoms with Gasteiger partial charge in [0.1, 0.15) is 6.61 Å². The summed E-state index contributed by atoms with van der Waals surface area (Å²) in [6.45, 7) is 0.381. The zero-order chi connectivity index (χ0) is 9.52. The first kappa shape index (κ1) is 9.80. The molecule has 0 fully saturated rings. The summed E-state index contributed by atoms with van der Waals surface area (Å²) >= 11 is 5.36. The number of hydrogen-bond donors (Lipinski definition) is 0. The predicted molar refractivity (Wildman–Crippen MR) is 49.7 cm³/mol. The second-order valence-corrected chi connectivity index (χ2v) is 2.63. The molecule has 0 radical (unpaired) electrons. The summed E-state index contributed by atoms with van der Waals surface area (Å²) in [4.78, 5) is 4.77. The average molecular weight is 201 g/mol. The van der Waals surface area contributed by atoms with E-state index in [4.69, 9.17) is 16.4 Å². The normalized spacial score (nSPS) is 10.5. The van der Waals surface area contributed by atoms with Crippen LogP contribution in [0.15, 0.2) is 29.7 Å². The monoisotopic (exact) mass is 200 g/mol. The Morgan fingerprint density at radius 3 is 2.85 bits per heavy atom. The lowest BCUT2D eigenvalue weighted by Gasteiger charge is -1.95. The fourth-order valence-electron chi connectivity index (χ4n) is 0.696. The highest BCUT2D eigenvalue weighted by molar-refractivity contribution is 6.17. The van der Waals surface area contributed by atoms with Crippen LogP contribution in [-0.2, 0) is 4.84 Å². The van der Waals surface area contributed by atoms with Gasteiger partial charge < -0.3 is 10.0 Å². The van der Waals surface area contributed by atoms with Gasteiger partial charge in [0, 0.05) is 17.7 Å². The van der Waals surface area contributed by atoms with Crippen molar-refractivity contribution in [3.8, 4) is 0 Å². The lowest BCUT2D eigenvalue weighted by atomic mass is 10.3. The summed E-state index contributed by atoms with van der Waals surface area (Å²) in [5, 5.41) is 14.3. The highest BCUT2D eigenvalue weighted by Crippen LogP contribution is 1.90. The number of oxime groups is 1. The SMILES string of the molecule is [O-][n+]1ccc(/C=N\OCCCl)cc1. The quantitative estimate of drug-likeness (QED) is 0.181. The molecule has 0 spiro atoms. The van der Waals surface area contributed by atoms with Crippen LogP contribution in [0.3, 0.4) is 0 Å². The lowest BCUT2D eigenvalue weighted by Crippen LogP contribution is -2.23. The summed E-state index contributed by atoms with van der Waals surface area (Å²) in [7, 11) is 0. The second-order valence-electron chi connectivity index (χ2n) is 2.25. The van der Waals surface area contributed by atoms with Crippen molar-refractivity contribution < 1.29 is 9.57 Å². The summed E-state index contributed by atoms with van der Waals surface area (Å²) in [5.74, 6) is 0.409. The van der Waals surface area contributed by atoms with Crippen LogP contribution in [0.25, 0.3) is 0 Å². The zero-order valence-corrected chi connectivity index (χ0v) is 7.65. The standard InChI is InChI=1S/C8H9ClN2O2/c9-3-6-13-10-7-8-1-4-11(12)5-2-8/h1-2,4-5,7H,3,6H2/b10-7-. The van der Waals surface area contributed by atoms with Crippen molar-refractivity contribution in [3.63, 3.8) is 0 Å². The Morgan fingerprint density at radius 1 is 1.54 bits per heavy atom. The minimum Gasteiger partial charge on any atom is -0.619 e. The van der Waals surface area contributed by atoms with E-state index >= 15 is 0 Å². The number of halogens is 1. The first-order valence-electron chi connectivity index (χ1n) is 3.73. The van der Waals surface area contributed by atoms with Crippen LogP contribution in [0.5, 0.6) is 0 Å². The smallest absolute Gasteiger partial charge is 0.181 e. The molecule has 0 aliphatic heterocycles. The van der Waals surface area contributed by atoms with Gasteiger partial charge in [-0.25, -0.2) is 0 Å². The third-order valence-corrected chi connectivity index (χ3v) is 1.43. The number of hydrogen-bond acceptors (Lipinski definition) is 3. The first-order chi connectivity index (χ1) is 6.33. The molecule has 0 unspecified atom stereocenters. The molecule has 1 aromatic rings. The molecular formula is C8H9ClN2O2. The van der Waals surface area contributed by atoms with Gasteiger partial charge in [0.05, 0.1) is 12.1 Å². The number of aromatic nitrogens is 1. The molecule has 0 atom stereocenters. The van der Waals surface area contributed by atoms with E-state index in [1.54, 1.807) is 12.1 Å². The van der Waals surface area contributed by atoms with E-state index in [1.807, 2.05) is 0 Å². The lowest BCUT2D eigenvalue weighted by molar-refractivity contribution is -0.605. The van der Waals surface area contributed by atoms with Crippen LogP contribution in [0.1, 0.15) is 5.56 Å². The zero-order valence-electron chi connectivity index (χ0n) is 6.89. The molecule has 0 amide bonds. The summed E-state index contributed by atoms with van der Waals surface area (Å²) in [5.41, 5.74) is 0.807. The van der Waals surface area contributed by atoms with Crippen molar-refractivity contribution in [3.05, 3.63) is 35.3 Å². The molecule has 0 bridgehead atoms. The first-order valence-corrected chi connectivity index (χ1v) is 4.26. The van der Waals surface area contributed by atoms with Gasteiger partial charge in [-0.05, 0) is 0 Å². The van der Waals surface area contributed by atoms with Gasteiger partial charge in [0.15, 0.2) is 12.4 Å². The average Bonchev–Trinajstić information content (AvgIpc) is 2.15. The van der Waals surface area contributed by atoms with Gasteiger partial charge in [-0.2, -0.15) is 4.73 Å². The van der Waals surface area contributed by atoms with Gasteiger partial charge in [-0.3, -0.25) is 0 Å². The molecule has 0 aliphatic rings. The molecule has 0 saturated carbocycles. The molecular weight excluding hydrogens is 192 g/mol. The molecule has 13 heavy (non-hydrogen) atoms. The Hall–Kier alpha value is -1.29. The van der Waals surface area contributed by atoms with Crippen molar-refractivity contribution in [2.75, 3.05) is 12.5 Å². The van der Waals surface area contributed by atoms with Gasteiger partial charge in [0.25, 0.3) is 0 Å². The fraction of sp³-hybridized carbons (Fsp3) is 0.250. The van der Waals surface area contributed by atoms with Crippen LogP contribution in [0.2, 0.25) is 0 Å². The number of rotatable bonds is 4. The minimum atomic E-state index is 0.381. The fourth-order valence-corrected chi connectivity index (χ4v) is 0.765. The highest BCUT2D eigenvalue weighted by atomic mass is 35.5. The molecule has 1 heterocycles. The van der Waals surface area contributed by atoms with Crippen LogP contribution in [0.4, 0.5) is 0 Å². The Labute approximate surface area is 81.0 Å². The van der Waals surface area contributed by atoms with Crippen molar-refractivity contribution in [2.45, 2.75) is 0 Å². The molecule has 0 saturated heterocycles. The molecule has 0 N–H and O–H groups in total. The molecule has 0 aliphatic carbocycles. The molecule has 70 valence electrons. The summed E-state index contributed by atoms with van der Waals surface area (Å²) in [6, 6.07) is 3.28. The van der Waals surface area contributed by atoms with Crippen LogP contribution in [-0.4, -0.2) is 18.7 Å². The molecule has 0 aromatic carbocycles. The Kier molecular flexibility index (Phi) is 4.05. The maximum Gasteiger partial charge on any atom is 0.181 e. The topological polar surface area (TPSA) is 48.5 Å². The summed E-state index contributed by atoms with van der Waals surface area (Å²) < 4.78 is 0.705. The van der Waals surface area contributed by atoms with Crippen LogP contribution < -0.4 is 4.73 Å². The van der Waals surface area contributed by atoms with Crippen LogP contribution in [0, 0.1) is 5.21 Å². The van der Waals surface area contributed by atoms with E-state index < -0.39 is 0 Å². The largest absolute Gasteiger partial charge is 0.619 e. The third kappa shape index (κ3) is 3.75. The molecule has 5 heteroatoms. The maximum atomic E-state index is 10.6. The number of alkyl halides is 1. The van der Waals surface area contributed by atoms with E-state index in [1.165, 1.54) is 18.6 Å². The van der Waals surface area contributed by atoms with Gasteiger partial charge >= 0.3 is 0 Å². The molecule has 4 nitrogen and oxygen atoms in total. The van der Waals surface area contributed by atoms with Crippen LogP contribution >= 0.6 is 11.6 Å². The Bertz CT molecular complexity index is 274. The Balaban J connectivity index is 2.44. The van der Waals surface area contributed by atoms with E-state index in [2.05, 4.69) is 5.16 Å². The molecule has 1 rings (SSSR count). The second kappa shape index (κ2) is 5.37. The van der Waals surface area contributed by atoms with Gasteiger partial charge in [-0.1, -0.05) is 5.16 Å². The van der Waals surface area contributed by atoms with E-state index in [0.29, 0.717) is 17.2 Å². The molecule has 1 aromatic heterocycles. The van der Waals surface area contributed by atoms with Crippen molar-refractivity contribution in [1.29, 1.82) is 0 Å².